The van der Waals surface area contributed by atoms with Crippen molar-refractivity contribution in [2.75, 3.05) is 25.0 Å². The van der Waals surface area contributed by atoms with E-state index in [1.807, 2.05) is 4.90 Å². The first-order valence-corrected chi connectivity index (χ1v) is 10.8. The SMILES string of the molecule is CCOC(=O)c1c(NC(=O)c2ccc(Cl)cc2)sc(C(=O)N2CCCCC2)c1C. The maximum Gasteiger partial charge on any atom is 0.341 e. The summed E-state index contributed by atoms with van der Waals surface area (Å²) < 4.78 is 5.17. The topological polar surface area (TPSA) is 75.7 Å². The zero-order valence-corrected chi connectivity index (χ0v) is 18.0. The van der Waals surface area contributed by atoms with Gasteiger partial charge in [0.05, 0.1) is 17.0 Å². The van der Waals surface area contributed by atoms with Gasteiger partial charge in [-0.2, -0.15) is 0 Å². The van der Waals surface area contributed by atoms with Gasteiger partial charge in [-0.25, -0.2) is 4.79 Å². The van der Waals surface area contributed by atoms with Crippen molar-refractivity contribution in [1.82, 2.24) is 4.90 Å². The number of amides is 2. The van der Waals surface area contributed by atoms with Gasteiger partial charge in [0.2, 0.25) is 0 Å². The molecule has 1 fully saturated rings. The minimum atomic E-state index is -0.551. The first-order valence-electron chi connectivity index (χ1n) is 9.59. The van der Waals surface area contributed by atoms with Gasteiger partial charge in [0.1, 0.15) is 5.00 Å². The second-order valence-electron chi connectivity index (χ2n) is 6.79. The second-order valence-corrected chi connectivity index (χ2v) is 8.25. The largest absolute Gasteiger partial charge is 0.462 e. The van der Waals surface area contributed by atoms with Gasteiger partial charge in [-0.15, -0.1) is 11.3 Å². The third-order valence-electron chi connectivity index (χ3n) is 4.80. The molecule has 154 valence electrons. The molecule has 3 rings (SSSR count). The highest BCUT2D eigenvalue weighted by atomic mass is 35.5. The number of hydrogen-bond acceptors (Lipinski definition) is 5. The Morgan fingerprint density at radius 3 is 2.41 bits per heavy atom. The summed E-state index contributed by atoms with van der Waals surface area (Å²) in [6, 6.07) is 6.44. The van der Waals surface area contributed by atoms with E-state index >= 15 is 0 Å². The third-order valence-corrected chi connectivity index (χ3v) is 6.24. The van der Waals surface area contributed by atoms with E-state index in [9.17, 15) is 14.4 Å². The number of halogens is 1. The number of nitrogens with zero attached hydrogens (tertiary/aromatic N) is 1. The summed E-state index contributed by atoms with van der Waals surface area (Å²) in [6.45, 7) is 5.05. The van der Waals surface area contributed by atoms with Gasteiger partial charge < -0.3 is 15.0 Å². The summed E-state index contributed by atoms with van der Waals surface area (Å²) in [5.74, 6) is -1.04. The molecule has 1 aromatic heterocycles. The normalized spacial score (nSPS) is 13.8. The van der Waals surface area contributed by atoms with E-state index in [4.69, 9.17) is 16.3 Å². The average Bonchev–Trinajstić information content (AvgIpc) is 3.04. The molecule has 0 atom stereocenters. The zero-order valence-electron chi connectivity index (χ0n) is 16.4. The van der Waals surface area contributed by atoms with Crippen molar-refractivity contribution >= 4 is 45.7 Å². The standard InChI is InChI=1S/C21H23ClN2O4S/c1-3-28-21(27)16-13(2)17(20(26)24-11-5-4-6-12-24)29-19(16)23-18(25)14-7-9-15(22)10-8-14/h7-10H,3-6,11-12H2,1-2H3,(H,23,25). The fourth-order valence-electron chi connectivity index (χ4n) is 3.27. The van der Waals surface area contributed by atoms with E-state index in [1.54, 1.807) is 38.1 Å². The molecule has 1 N–H and O–H groups in total. The number of piperidine rings is 1. The predicted molar refractivity (Wildman–Crippen MR) is 114 cm³/mol. The highest BCUT2D eigenvalue weighted by Gasteiger charge is 2.29. The van der Waals surface area contributed by atoms with Crippen molar-refractivity contribution in [1.29, 1.82) is 0 Å². The van der Waals surface area contributed by atoms with Crippen LogP contribution in [-0.4, -0.2) is 42.4 Å². The lowest BCUT2D eigenvalue weighted by molar-refractivity contribution is 0.0527. The van der Waals surface area contributed by atoms with Crippen molar-refractivity contribution in [3.8, 4) is 0 Å². The number of hydrogen-bond donors (Lipinski definition) is 1. The number of rotatable bonds is 5. The Morgan fingerprint density at radius 2 is 1.79 bits per heavy atom. The fourth-order valence-corrected chi connectivity index (χ4v) is 4.56. The number of anilines is 1. The van der Waals surface area contributed by atoms with Crippen LogP contribution >= 0.6 is 22.9 Å². The molecule has 0 unspecified atom stereocenters. The van der Waals surface area contributed by atoms with E-state index in [2.05, 4.69) is 5.32 Å². The van der Waals surface area contributed by atoms with Gasteiger partial charge in [-0.3, -0.25) is 9.59 Å². The Hall–Kier alpha value is -2.38. The Bertz CT molecular complexity index is 918. The zero-order chi connectivity index (χ0) is 21.0. The summed E-state index contributed by atoms with van der Waals surface area (Å²) in [6.07, 6.45) is 3.06. The Labute approximate surface area is 178 Å². The summed E-state index contributed by atoms with van der Waals surface area (Å²) >= 11 is 7.00. The van der Waals surface area contributed by atoms with Crippen LogP contribution in [0.1, 0.15) is 62.1 Å². The second kappa shape index (κ2) is 9.41. The molecule has 8 heteroatoms. The summed E-state index contributed by atoms with van der Waals surface area (Å²) in [4.78, 5) is 40.5. The van der Waals surface area contributed by atoms with Gasteiger partial charge in [0.15, 0.2) is 0 Å². The van der Waals surface area contributed by atoms with Crippen LogP contribution in [0.4, 0.5) is 5.00 Å². The molecule has 1 aliphatic rings. The molecule has 2 aromatic rings. The number of nitrogens with one attached hydrogen (secondary N) is 1. The smallest absolute Gasteiger partial charge is 0.341 e. The molecule has 0 saturated carbocycles. The van der Waals surface area contributed by atoms with Crippen LogP contribution in [-0.2, 0) is 4.74 Å². The van der Waals surface area contributed by atoms with E-state index < -0.39 is 5.97 Å². The molecule has 0 bridgehead atoms. The molecule has 29 heavy (non-hydrogen) atoms. The molecule has 0 spiro atoms. The molecule has 1 aromatic carbocycles. The molecule has 2 heterocycles. The van der Waals surface area contributed by atoms with Gasteiger partial charge in [-0.05, 0) is 62.9 Å². The Kier molecular flexibility index (Phi) is 6.92. The van der Waals surface area contributed by atoms with Crippen molar-refractivity contribution in [3.63, 3.8) is 0 Å². The molecule has 6 nitrogen and oxygen atoms in total. The van der Waals surface area contributed by atoms with Crippen LogP contribution in [0.25, 0.3) is 0 Å². The molecule has 0 aliphatic carbocycles. The number of esters is 1. The predicted octanol–water partition coefficient (Wildman–Crippen LogP) is 4.77. The Balaban J connectivity index is 1.93. The number of thiophene rings is 1. The number of carbonyl (C=O) groups is 3. The molecular weight excluding hydrogens is 412 g/mol. The molecule has 1 saturated heterocycles. The first kappa shape index (κ1) is 21.3. The van der Waals surface area contributed by atoms with Crippen LogP contribution in [0.3, 0.4) is 0 Å². The number of likely N-dealkylation sites (tertiary alicyclic amines) is 1. The fraction of sp³-hybridized carbons (Fsp3) is 0.381. The van der Waals surface area contributed by atoms with Crippen molar-refractivity contribution in [3.05, 3.63) is 50.9 Å². The van der Waals surface area contributed by atoms with Crippen LogP contribution in [0.15, 0.2) is 24.3 Å². The van der Waals surface area contributed by atoms with Crippen LogP contribution in [0.2, 0.25) is 5.02 Å². The highest BCUT2D eigenvalue weighted by Crippen LogP contribution is 2.35. The number of carbonyl (C=O) groups excluding carboxylic acids is 3. The van der Waals surface area contributed by atoms with Crippen molar-refractivity contribution in [2.45, 2.75) is 33.1 Å². The third kappa shape index (κ3) is 4.79. The number of ether oxygens (including phenoxy) is 1. The van der Waals surface area contributed by atoms with Crippen molar-refractivity contribution in [2.24, 2.45) is 0 Å². The summed E-state index contributed by atoms with van der Waals surface area (Å²) in [7, 11) is 0. The lowest BCUT2D eigenvalue weighted by atomic mass is 10.1. The monoisotopic (exact) mass is 434 g/mol. The molecular formula is C21H23ClN2O4S. The average molecular weight is 435 g/mol. The van der Waals surface area contributed by atoms with Gasteiger partial charge >= 0.3 is 5.97 Å². The van der Waals surface area contributed by atoms with Gasteiger partial charge in [0, 0.05) is 23.7 Å². The minimum absolute atomic E-state index is 0.107. The first-order chi connectivity index (χ1) is 13.9. The van der Waals surface area contributed by atoms with E-state index in [-0.39, 0.29) is 24.0 Å². The molecule has 1 aliphatic heterocycles. The maximum absolute atomic E-state index is 13.0. The minimum Gasteiger partial charge on any atom is -0.462 e. The van der Waals surface area contributed by atoms with Crippen molar-refractivity contribution < 1.29 is 19.1 Å². The Morgan fingerprint density at radius 1 is 1.14 bits per heavy atom. The van der Waals surface area contributed by atoms with Crippen LogP contribution in [0, 0.1) is 6.92 Å². The lowest BCUT2D eigenvalue weighted by Crippen LogP contribution is -2.35. The summed E-state index contributed by atoms with van der Waals surface area (Å²) in [5.41, 5.74) is 1.18. The van der Waals surface area contributed by atoms with E-state index in [0.717, 1.165) is 30.6 Å². The maximum atomic E-state index is 13.0. The van der Waals surface area contributed by atoms with E-state index in [1.165, 1.54) is 0 Å². The summed E-state index contributed by atoms with van der Waals surface area (Å²) in [5, 5.41) is 3.61. The van der Waals surface area contributed by atoms with Crippen LogP contribution in [0.5, 0.6) is 0 Å². The van der Waals surface area contributed by atoms with Crippen LogP contribution < -0.4 is 5.32 Å². The molecule has 2 amide bonds. The quantitative estimate of drug-likeness (QED) is 0.688. The highest BCUT2D eigenvalue weighted by molar-refractivity contribution is 7.18. The van der Waals surface area contributed by atoms with Gasteiger partial charge in [-0.1, -0.05) is 11.6 Å². The number of benzene rings is 1. The van der Waals surface area contributed by atoms with Gasteiger partial charge in [0.25, 0.3) is 11.8 Å². The lowest BCUT2D eigenvalue weighted by Gasteiger charge is -2.26. The van der Waals surface area contributed by atoms with E-state index in [0.29, 0.717) is 39.1 Å². The molecule has 0 radical (unpaired) electrons.